The number of fused-ring (bicyclic) bond motifs is 1. The molecule has 8 heteroatoms. The number of carbonyl (C=O) groups excluding carboxylic acids is 1. The molecule has 1 aromatic carbocycles. The van der Waals surface area contributed by atoms with Crippen LogP contribution in [-0.4, -0.2) is 54.1 Å². The summed E-state index contributed by atoms with van der Waals surface area (Å²) in [5.41, 5.74) is 1.07. The third kappa shape index (κ3) is 3.18. The van der Waals surface area contributed by atoms with Crippen molar-refractivity contribution >= 4 is 11.7 Å². The first-order valence-electron chi connectivity index (χ1n) is 9.12. The standard InChI is InChI=1S/C20H20FN5O2/c1-28-12-18(27)26-10-14-9-25(20-17(8-22)23-5-6-24-20)11-16(14)19(26)13-3-2-4-15(21)7-13/h2-7,14,16,19H,9-12H2,1H3/t14-,16-,19+/m1/s1. The Morgan fingerprint density at radius 2 is 2.14 bits per heavy atom. The van der Waals surface area contributed by atoms with Gasteiger partial charge < -0.3 is 14.5 Å². The predicted octanol–water partition coefficient (Wildman–Crippen LogP) is 1.77. The van der Waals surface area contributed by atoms with E-state index in [0.717, 1.165) is 5.56 Å². The number of benzene rings is 1. The topological polar surface area (TPSA) is 82.3 Å². The second kappa shape index (κ2) is 7.52. The monoisotopic (exact) mass is 381 g/mol. The van der Waals surface area contributed by atoms with Gasteiger partial charge in [-0.3, -0.25) is 4.79 Å². The van der Waals surface area contributed by atoms with Gasteiger partial charge in [0.25, 0.3) is 0 Å². The number of amides is 1. The number of aromatic nitrogens is 2. The van der Waals surface area contributed by atoms with Gasteiger partial charge in [-0.25, -0.2) is 14.4 Å². The SMILES string of the molecule is COCC(=O)N1C[C@H]2CN(c3nccnc3C#N)C[C@H]2[C@@H]1c1cccc(F)c1. The molecule has 0 spiro atoms. The zero-order valence-electron chi connectivity index (χ0n) is 15.5. The van der Waals surface area contributed by atoms with Gasteiger partial charge in [-0.2, -0.15) is 5.26 Å². The van der Waals surface area contributed by atoms with E-state index in [2.05, 4.69) is 16.0 Å². The van der Waals surface area contributed by atoms with Gasteiger partial charge in [0.1, 0.15) is 18.5 Å². The number of methoxy groups -OCH3 is 1. The van der Waals surface area contributed by atoms with Crippen molar-refractivity contribution in [1.29, 1.82) is 5.26 Å². The molecule has 0 radical (unpaired) electrons. The minimum absolute atomic E-state index is 0.00227. The highest BCUT2D eigenvalue weighted by Gasteiger charge is 2.49. The molecular formula is C20H20FN5O2. The average Bonchev–Trinajstić information content (AvgIpc) is 3.26. The molecule has 7 nitrogen and oxygen atoms in total. The summed E-state index contributed by atoms with van der Waals surface area (Å²) in [6.45, 7) is 1.85. The predicted molar refractivity (Wildman–Crippen MR) is 98.7 cm³/mol. The maximum atomic E-state index is 13.9. The Morgan fingerprint density at radius 3 is 2.89 bits per heavy atom. The van der Waals surface area contributed by atoms with Crippen molar-refractivity contribution in [2.75, 3.05) is 38.3 Å². The summed E-state index contributed by atoms with van der Waals surface area (Å²) in [6.07, 6.45) is 3.07. The molecule has 2 aromatic rings. The fourth-order valence-corrected chi connectivity index (χ4v) is 4.44. The lowest BCUT2D eigenvalue weighted by Crippen LogP contribution is -2.37. The highest BCUT2D eigenvalue weighted by atomic mass is 19.1. The Hall–Kier alpha value is -3.05. The summed E-state index contributed by atoms with van der Waals surface area (Å²) in [5.74, 6) is 0.441. The molecule has 1 aromatic heterocycles. The van der Waals surface area contributed by atoms with E-state index < -0.39 is 0 Å². The lowest BCUT2D eigenvalue weighted by Gasteiger charge is -2.30. The van der Waals surface area contributed by atoms with Gasteiger partial charge in [0.05, 0.1) is 6.04 Å². The molecular weight excluding hydrogens is 361 g/mol. The van der Waals surface area contributed by atoms with Gasteiger partial charge in [0.15, 0.2) is 11.5 Å². The molecule has 0 saturated carbocycles. The van der Waals surface area contributed by atoms with E-state index in [1.54, 1.807) is 17.2 Å². The highest BCUT2D eigenvalue weighted by molar-refractivity contribution is 5.78. The summed E-state index contributed by atoms with van der Waals surface area (Å²) in [7, 11) is 1.49. The van der Waals surface area contributed by atoms with E-state index in [4.69, 9.17) is 4.74 Å². The molecule has 2 aliphatic heterocycles. The number of hydrogen-bond acceptors (Lipinski definition) is 6. The van der Waals surface area contributed by atoms with Crippen LogP contribution < -0.4 is 4.90 Å². The first-order valence-corrected chi connectivity index (χ1v) is 9.12. The van der Waals surface area contributed by atoms with Gasteiger partial charge in [-0.15, -0.1) is 0 Å². The van der Waals surface area contributed by atoms with Crippen molar-refractivity contribution < 1.29 is 13.9 Å². The number of carbonyl (C=O) groups is 1. The van der Waals surface area contributed by atoms with Gasteiger partial charge in [0.2, 0.25) is 5.91 Å². The maximum Gasteiger partial charge on any atom is 0.249 e. The highest BCUT2D eigenvalue weighted by Crippen LogP contribution is 2.46. The van der Waals surface area contributed by atoms with E-state index in [1.807, 2.05) is 11.0 Å². The fraction of sp³-hybridized carbons (Fsp3) is 0.400. The molecule has 2 saturated heterocycles. The van der Waals surface area contributed by atoms with E-state index in [-0.39, 0.29) is 41.9 Å². The van der Waals surface area contributed by atoms with Crippen molar-refractivity contribution in [1.82, 2.24) is 14.9 Å². The Labute approximate surface area is 162 Å². The largest absolute Gasteiger partial charge is 0.375 e. The number of nitriles is 1. The Bertz CT molecular complexity index is 931. The number of likely N-dealkylation sites (tertiary alicyclic amines) is 1. The third-order valence-electron chi connectivity index (χ3n) is 5.53. The summed E-state index contributed by atoms with van der Waals surface area (Å²) >= 11 is 0. The molecule has 1 amide bonds. The van der Waals surface area contributed by atoms with Crippen molar-refractivity contribution in [2.45, 2.75) is 6.04 Å². The van der Waals surface area contributed by atoms with Gasteiger partial charge in [-0.1, -0.05) is 12.1 Å². The smallest absolute Gasteiger partial charge is 0.249 e. The number of ether oxygens (including phenoxy) is 1. The van der Waals surface area contributed by atoms with Crippen LogP contribution in [0, 0.1) is 29.0 Å². The van der Waals surface area contributed by atoms with E-state index in [0.29, 0.717) is 25.5 Å². The molecule has 0 N–H and O–H groups in total. The molecule has 0 aliphatic carbocycles. The minimum atomic E-state index is -0.323. The van der Waals surface area contributed by atoms with Crippen molar-refractivity contribution in [2.24, 2.45) is 11.8 Å². The van der Waals surface area contributed by atoms with E-state index in [9.17, 15) is 14.4 Å². The lowest BCUT2D eigenvalue weighted by molar-refractivity contribution is -0.136. The number of nitrogens with zero attached hydrogens (tertiary/aromatic N) is 5. The van der Waals surface area contributed by atoms with Crippen LogP contribution in [0.2, 0.25) is 0 Å². The number of rotatable bonds is 4. The van der Waals surface area contributed by atoms with Crippen molar-refractivity contribution in [3.05, 3.63) is 53.7 Å². The lowest BCUT2D eigenvalue weighted by atomic mass is 9.89. The molecule has 0 unspecified atom stereocenters. The summed E-state index contributed by atoms with van der Waals surface area (Å²) < 4.78 is 18.9. The fourth-order valence-electron chi connectivity index (χ4n) is 4.44. The summed E-state index contributed by atoms with van der Waals surface area (Å²) in [5, 5.41) is 9.33. The van der Waals surface area contributed by atoms with Crippen LogP contribution in [0.4, 0.5) is 10.2 Å². The van der Waals surface area contributed by atoms with Crippen LogP contribution in [0.1, 0.15) is 17.3 Å². The Kier molecular flexibility index (Phi) is 4.92. The van der Waals surface area contributed by atoms with Crippen LogP contribution in [0.25, 0.3) is 0 Å². The summed E-state index contributed by atoms with van der Waals surface area (Å²) in [6, 6.07) is 8.26. The van der Waals surface area contributed by atoms with Crippen LogP contribution in [-0.2, 0) is 9.53 Å². The van der Waals surface area contributed by atoms with Crippen molar-refractivity contribution in [3.63, 3.8) is 0 Å². The van der Waals surface area contributed by atoms with Crippen LogP contribution in [0.15, 0.2) is 36.7 Å². The van der Waals surface area contributed by atoms with Crippen LogP contribution >= 0.6 is 0 Å². The van der Waals surface area contributed by atoms with Crippen LogP contribution in [0.5, 0.6) is 0 Å². The van der Waals surface area contributed by atoms with Gasteiger partial charge >= 0.3 is 0 Å². The second-order valence-electron chi connectivity index (χ2n) is 7.15. The average molecular weight is 381 g/mol. The first kappa shape index (κ1) is 18.3. The molecule has 3 heterocycles. The summed E-state index contributed by atoms with van der Waals surface area (Å²) in [4.78, 5) is 24.9. The zero-order chi connectivity index (χ0) is 19.7. The molecule has 2 aliphatic rings. The molecule has 144 valence electrons. The van der Waals surface area contributed by atoms with Gasteiger partial charge in [-0.05, 0) is 17.7 Å². The quantitative estimate of drug-likeness (QED) is 0.803. The second-order valence-corrected chi connectivity index (χ2v) is 7.15. The van der Waals surface area contributed by atoms with E-state index in [1.165, 1.54) is 25.4 Å². The van der Waals surface area contributed by atoms with Gasteiger partial charge in [0, 0.05) is 51.0 Å². The maximum absolute atomic E-state index is 13.9. The first-order chi connectivity index (χ1) is 13.6. The van der Waals surface area contributed by atoms with Crippen molar-refractivity contribution in [3.8, 4) is 6.07 Å². The molecule has 0 bridgehead atoms. The zero-order valence-corrected chi connectivity index (χ0v) is 15.5. The number of anilines is 1. The molecule has 3 atom stereocenters. The Balaban J connectivity index is 1.66. The Morgan fingerprint density at radius 1 is 1.32 bits per heavy atom. The van der Waals surface area contributed by atoms with E-state index >= 15 is 0 Å². The normalized spacial score (nSPS) is 23.5. The number of hydrogen-bond donors (Lipinski definition) is 0. The number of halogens is 1. The molecule has 28 heavy (non-hydrogen) atoms. The third-order valence-corrected chi connectivity index (χ3v) is 5.53. The van der Waals surface area contributed by atoms with Crippen LogP contribution in [0.3, 0.4) is 0 Å². The molecule has 2 fully saturated rings. The minimum Gasteiger partial charge on any atom is -0.375 e. The molecule has 4 rings (SSSR count).